The maximum atomic E-state index is 12.5. The quantitative estimate of drug-likeness (QED) is 0.677. The summed E-state index contributed by atoms with van der Waals surface area (Å²) in [5.41, 5.74) is 1.12. The second-order valence-electron chi connectivity index (χ2n) is 7.41. The minimum atomic E-state index is -0.227. The summed E-state index contributed by atoms with van der Waals surface area (Å²) in [5.74, 6) is 1.36. The number of benzene rings is 1. The normalized spacial score (nSPS) is 20.2. The zero-order valence-electron chi connectivity index (χ0n) is 16.2. The third kappa shape index (κ3) is 4.24. The number of aromatic nitrogens is 4. The van der Waals surface area contributed by atoms with Gasteiger partial charge < -0.3 is 15.0 Å². The number of amides is 1. The number of carbonyl (C=O) groups excluding carboxylic acids is 1. The third-order valence-corrected chi connectivity index (χ3v) is 6.33. The number of rotatable bonds is 8. The summed E-state index contributed by atoms with van der Waals surface area (Å²) in [7, 11) is 1.70. The SMILES string of the molecule is COc1ccccc1N1CC[C@H](CNC(=O)[C@H](C)Sc2nnnn2C2CC2)C1. The van der Waals surface area contributed by atoms with E-state index in [4.69, 9.17) is 4.74 Å². The van der Waals surface area contributed by atoms with Crippen LogP contribution in [0.15, 0.2) is 29.4 Å². The van der Waals surface area contributed by atoms with Crippen molar-refractivity contribution in [3.8, 4) is 5.75 Å². The van der Waals surface area contributed by atoms with E-state index in [0.717, 1.165) is 48.9 Å². The Hall–Kier alpha value is -2.29. The number of hydrogen-bond acceptors (Lipinski definition) is 7. The minimum Gasteiger partial charge on any atom is -0.495 e. The van der Waals surface area contributed by atoms with Crippen molar-refractivity contribution in [3.63, 3.8) is 0 Å². The molecule has 1 aliphatic carbocycles. The molecule has 28 heavy (non-hydrogen) atoms. The van der Waals surface area contributed by atoms with E-state index >= 15 is 0 Å². The summed E-state index contributed by atoms with van der Waals surface area (Å²) in [6, 6.07) is 8.49. The van der Waals surface area contributed by atoms with Crippen molar-refractivity contribution >= 4 is 23.4 Å². The number of ether oxygens (including phenoxy) is 1. The maximum absolute atomic E-state index is 12.5. The van der Waals surface area contributed by atoms with E-state index in [0.29, 0.717) is 18.5 Å². The summed E-state index contributed by atoms with van der Waals surface area (Å²) in [6.45, 7) is 4.48. The van der Waals surface area contributed by atoms with Gasteiger partial charge in [0.1, 0.15) is 5.75 Å². The molecule has 0 spiro atoms. The van der Waals surface area contributed by atoms with Crippen LogP contribution in [0.2, 0.25) is 0 Å². The summed E-state index contributed by atoms with van der Waals surface area (Å²) >= 11 is 1.43. The van der Waals surface area contributed by atoms with Gasteiger partial charge in [-0.15, -0.1) is 5.10 Å². The molecule has 0 radical (unpaired) electrons. The molecular formula is C19H26N6O2S. The van der Waals surface area contributed by atoms with E-state index in [-0.39, 0.29) is 11.2 Å². The average Bonchev–Trinajstić information content (AvgIpc) is 3.27. The van der Waals surface area contributed by atoms with Crippen LogP contribution < -0.4 is 15.0 Å². The first-order valence-corrected chi connectivity index (χ1v) is 10.6. The second kappa shape index (κ2) is 8.38. The van der Waals surface area contributed by atoms with Crippen molar-refractivity contribution in [2.45, 2.75) is 42.6 Å². The highest BCUT2D eigenvalue weighted by atomic mass is 32.2. The number of methoxy groups -OCH3 is 1. The standard InChI is InChI=1S/C19H26N6O2S/c1-13(28-19-21-22-23-25(19)15-7-8-15)18(26)20-11-14-9-10-24(12-14)16-5-3-4-6-17(16)27-2/h3-6,13-15H,7-12H2,1-2H3,(H,20,26)/t13-,14+/m0/s1. The molecule has 1 saturated heterocycles. The van der Waals surface area contributed by atoms with Crippen LogP contribution in [0, 0.1) is 5.92 Å². The van der Waals surface area contributed by atoms with Crippen molar-refractivity contribution in [1.29, 1.82) is 0 Å². The molecule has 1 N–H and O–H groups in total. The molecule has 2 heterocycles. The number of thioether (sulfide) groups is 1. The fourth-order valence-electron chi connectivity index (χ4n) is 3.52. The molecule has 2 aliphatic rings. The van der Waals surface area contributed by atoms with Crippen LogP contribution in [0.5, 0.6) is 5.75 Å². The van der Waals surface area contributed by atoms with Crippen molar-refractivity contribution in [3.05, 3.63) is 24.3 Å². The molecule has 2 fully saturated rings. The Labute approximate surface area is 169 Å². The molecule has 1 amide bonds. The first-order chi connectivity index (χ1) is 13.7. The Morgan fingerprint density at radius 1 is 1.36 bits per heavy atom. The predicted molar refractivity (Wildman–Crippen MR) is 108 cm³/mol. The largest absolute Gasteiger partial charge is 0.495 e. The van der Waals surface area contributed by atoms with Gasteiger partial charge in [-0.25, -0.2) is 4.68 Å². The zero-order chi connectivity index (χ0) is 19.5. The molecule has 1 aromatic heterocycles. The molecule has 8 nitrogen and oxygen atoms in total. The molecule has 4 rings (SSSR count). The van der Waals surface area contributed by atoms with E-state index < -0.39 is 0 Å². The van der Waals surface area contributed by atoms with Crippen molar-refractivity contribution < 1.29 is 9.53 Å². The minimum absolute atomic E-state index is 0.0334. The number of carbonyl (C=O) groups is 1. The Balaban J connectivity index is 1.26. The van der Waals surface area contributed by atoms with Gasteiger partial charge in [0, 0.05) is 19.6 Å². The highest BCUT2D eigenvalue weighted by molar-refractivity contribution is 8.00. The topological polar surface area (TPSA) is 85.2 Å². The van der Waals surface area contributed by atoms with E-state index in [1.807, 2.05) is 29.8 Å². The number of tetrazole rings is 1. The van der Waals surface area contributed by atoms with Crippen LogP contribution in [0.25, 0.3) is 0 Å². The van der Waals surface area contributed by atoms with Gasteiger partial charge >= 0.3 is 0 Å². The van der Waals surface area contributed by atoms with Crippen LogP contribution in [0.1, 0.15) is 32.2 Å². The van der Waals surface area contributed by atoms with Crippen LogP contribution in [0.4, 0.5) is 5.69 Å². The predicted octanol–water partition coefficient (Wildman–Crippen LogP) is 2.14. The van der Waals surface area contributed by atoms with Gasteiger partial charge in [0.05, 0.1) is 24.1 Å². The highest BCUT2D eigenvalue weighted by Crippen LogP contribution is 2.37. The van der Waals surface area contributed by atoms with Crippen LogP contribution in [-0.4, -0.2) is 58.1 Å². The lowest BCUT2D eigenvalue weighted by Crippen LogP contribution is -2.35. The van der Waals surface area contributed by atoms with E-state index in [1.54, 1.807) is 7.11 Å². The lowest BCUT2D eigenvalue weighted by atomic mass is 10.1. The molecular weight excluding hydrogens is 376 g/mol. The van der Waals surface area contributed by atoms with E-state index in [2.05, 4.69) is 31.8 Å². The molecule has 9 heteroatoms. The summed E-state index contributed by atoms with van der Waals surface area (Å²) in [5, 5.41) is 15.5. The fourth-order valence-corrected chi connectivity index (χ4v) is 4.40. The van der Waals surface area contributed by atoms with Crippen LogP contribution in [-0.2, 0) is 4.79 Å². The number of hydrogen-bond donors (Lipinski definition) is 1. The highest BCUT2D eigenvalue weighted by Gasteiger charge is 2.30. The lowest BCUT2D eigenvalue weighted by Gasteiger charge is -2.21. The van der Waals surface area contributed by atoms with Crippen molar-refractivity contribution in [2.75, 3.05) is 31.6 Å². The Bertz CT molecular complexity index is 824. The zero-order valence-corrected chi connectivity index (χ0v) is 17.1. The van der Waals surface area contributed by atoms with Gasteiger partial charge in [-0.05, 0) is 54.7 Å². The molecule has 0 bridgehead atoms. The number of nitrogens with one attached hydrogen (secondary N) is 1. The number of anilines is 1. The average molecular weight is 403 g/mol. The van der Waals surface area contributed by atoms with Crippen LogP contribution >= 0.6 is 11.8 Å². The van der Waals surface area contributed by atoms with E-state index in [9.17, 15) is 4.79 Å². The Kier molecular flexibility index (Phi) is 5.70. The first-order valence-electron chi connectivity index (χ1n) is 9.76. The molecule has 2 aromatic rings. The van der Waals surface area contributed by atoms with Crippen molar-refractivity contribution in [1.82, 2.24) is 25.5 Å². The fraction of sp³-hybridized carbons (Fsp3) is 0.579. The maximum Gasteiger partial charge on any atom is 0.233 e. The lowest BCUT2D eigenvalue weighted by molar-refractivity contribution is -0.120. The second-order valence-corrected chi connectivity index (χ2v) is 8.72. The summed E-state index contributed by atoms with van der Waals surface area (Å²) < 4.78 is 7.31. The molecule has 2 atom stereocenters. The number of nitrogens with zero attached hydrogens (tertiary/aromatic N) is 5. The van der Waals surface area contributed by atoms with Gasteiger partial charge in [-0.3, -0.25) is 4.79 Å². The Morgan fingerprint density at radius 3 is 2.96 bits per heavy atom. The van der Waals surface area contributed by atoms with Gasteiger partial charge in [0.2, 0.25) is 11.1 Å². The molecule has 150 valence electrons. The molecule has 0 unspecified atom stereocenters. The first kappa shape index (κ1) is 19.0. The molecule has 1 aromatic carbocycles. The van der Waals surface area contributed by atoms with Crippen molar-refractivity contribution in [2.24, 2.45) is 5.92 Å². The number of para-hydroxylation sites is 2. The summed E-state index contributed by atoms with van der Waals surface area (Å²) in [4.78, 5) is 14.9. The monoisotopic (exact) mass is 402 g/mol. The third-order valence-electron chi connectivity index (χ3n) is 5.28. The van der Waals surface area contributed by atoms with Gasteiger partial charge in [0.15, 0.2) is 0 Å². The van der Waals surface area contributed by atoms with Gasteiger partial charge in [-0.2, -0.15) is 0 Å². The molecule has 1 aliphatic heterocycles. The Morgan fingerprint density at radius 2 is 2.18 bits per heavy atom. The van der Waals surface area contributed by atoms with Crippen LogP contribution in [0.3, 0.4) is 0 Å². The van der Waals surface area contributed by atoms with E-state index in [1.165, 1.54) is 11.8 Å². The van der Waals surface area contributed by atoms with Gasteiger partial charge in [0.25, 0.3) is 0 Å². The molecule has 1 saturated carbocycles. The van der Waals surface area contributed by atoms with Gasteiger partial charge in [-0.1, -0.05) is 23.9 Å². The summed E-state index contributed by atoms with van der Waals surface area (Å²) in [6.07, 6.45) is 3.28. The smallest absolute Gasteiger partial charge is 0.233 e.